The molecule has 0 aliphatic carbocycles. The van der Waals surface area contributed by atoms with Crippen LogP contribution in [0.2, 0.25) is 0 Å². The van der Waals surface area contributed by atoms with Gasteiger partial charge >= 0.3 is 0 Å². The zero-order valence-electron chi connectivity index (χ0n) is 15.5. The number of aromatic nitrogens is 2. The lowest BCUT2D eigenvalue weighted by molar-refractivity contribution is -0.384. The summed E-state index contributed by atoms with van der Waals surface area (Å²) in [5, 5.41) is 21.5. The molecule has 2 unspecified atom stereocenters. The van der Waals surface area contributed by atoms with Crippen LogP contribution < -0.4 is 16.1 Å². The topological polar surface area (TPSA) is 119 Å². The number of piperidine rings is 1. The van der Waals surface area contributed by atoms with Crippen molar-refractivity contribution in [3.8, 4) is 5.69 Å². The van der Waals surface area contributed by atoms with Crippen molar-refractivity contribution in [2.24, 2.45) is 5.92 Å². The van der Waals surface area contributed by atoms with Gasteiger partial charge in [0.25, 0.3) is 11.6 Å². The number of benzene rings is 1. The van der Waals surface area contributed by atoms with E-state index >= 15 is 0 Å². The van der Waals surface area contributed by atoms with Gasteiger partial charge in [0, 0.05) is 30.4 Å². The molecule has 0 saturated carbocycles. The molecule has 28 heavy (non-hydrogen) atoms. The Morgan fingerprint density at radius 2 is 2.11 bits per heavy atom. The normalized spacial score (nSPS) is 18.8. The molecule has 2 heterocycles. The monoisotopic (exact) mass is 407 g/mol. The minimum atomic E-state index is -0.576. The summed E-state index contributed by atoms with van der Waals surface area (Å²) >= 11 is 0. The smallest absolute Gasteiger partial charge is 0.294 e. The Bertz CT molecular complexity index is 946. The predicted molar refractivity (Wildman–Crippen MR) is 106 cm³/mol. The Hall–Kier alpha value is -2.78. The Morgan fingerprint density at radius 1 is 1.39 bits per heavy atom. The summed E-state index contributed by atoms with van der Waals surface area (Å²) in [4.78, 5) is 35.7. The first-order valence-corrected chi connectivity index (χ1v) is 8.75. The van der Waals surface area contributed by atoms with E-state index in [4.69, 9.17) is 0 Å². The lowest BCUT2D eigenvalue weighted by atomic mass is 9.95. The van der Waals surface area contributed by atoms with Gasteiger partial charge in [-0.2, -0.15) is 5.10 Å². The van der Waals surface area contributed by atoms with Gasteiger partial charge < -0.3 is 10.6 Å². The van der Waals surface area contributed by atoms with E-state index in [2.05, 4.69) is 15.7 Å². The second-order valence-electron chi connectivity index (χ2n) is 6.71. The molecule has 1 saturated heterocycles. The number of amides is 1. The van der Waals surface area contributed by atoms with Crippen LogP contribution >= 0.6 is 12.4 Å². The third-order valence-corrected chi connectivity index (χ3v) is 4.77. The van der Waals surface area contributed by atoms with Crippen molar-refractivity contribution in [3.05, 3.63) is 62.1 Å². The minimum absolute atomic E-state index is 0. The number of halogens is 1. The van der Waals surface area contributed by atoms with Crippen molar-refractivity contribution in [3.63, 3.8) is 0 Å². The number of aryl methyl sites for hydroxylation is 1. The molecule has 9 nitrogen and oxygen atoms in total. The maximum atomic E-state index is 12.6. The zero-order chi connectivity index (χ0) is 19.6. The highest BCUT2D eigenvalue weighted by molar-refractivity contribution is 5.92. The minimum Gasteiger partial charge on any atom is -0.346 e. The van der Waals surface area contributed by atoms with Crippen molar-refractivity contribution < 1.29 is 9.72 Å². The van der Waals surface area contributed by atoms with E-state index in [1.165, 1.54) is 22.9 Å². The molecule has 0 radical (unpaired) electrons. The molecule has 2 atom stereocenters. The number of para-hydroxylation sites is 2. The van der Waals surface area contributed by atoms with Crippen LogP contribution in [-0.4, -0.2) is 39.7 Å². The Morgan fingerprint density at radius 3 is 2.79 bits per heavy atom. The maximum absolute atomic E-state index is 12.6. The van der Waals surface area contributed by atoms with Crippen molar-refractivity contribution >= 4 is 24.0 Å². The largest absolute Gasteiger partial charge is 0.346 e. The molecule has 1 aliphatic rings. The number of nitrogens with one attached hydrogen (secondary N) is 2. The highest BCUT2D eigenvalue weighted by Gasteiger charge is 2.26. The summed E-state index contributed by atoms with van der Waals surface area (Å²) in [6.07, 6.45) is 0.923. The molecule has 150 valence electrons. The van der Waals surface area contributed by atoms with E-state index in [9.17, 15) is 19.7 Å². The maximum Gasteiger partial charge on any atom is 0.294 e. The van der Waals surface area contributed by atoms with Crippen molar-refractivity contribution in [2.45, 2.75) is 26.3 Å². The van der Waals surface area contributed by atoms with Gasteiger partial charge in [0.15, 0.2) is 5.69 Å². The van der Waals surface area contributed by atoms with Gasteiger partial charge in [0.2, 0.25) is 5.43 Å². The average Bonchev–Trinajstić information content (AvgIpc) is 2.63. The third kappa shape index (κ3) is 4.37. The molecule has 2 N–H and O–H groups in total. The molecule has 1 aromatic carbocycles. The number of carbonyl (C=O) groups excluding carboxylic acids is 1. The van der Waals surface area contributed by atoms with E-state index in [0.717, 1.165) is 13.0 Å². The molecular weight excluding hydrogens is 386 g/mol. The van der Waals surface area contributed by atoms with Crippen molar-refractivity contribution in [1.82, 2.24) is 20.4 Å². The van der Waals surface area contributed by atoms with E-state index < -0.39 is 16.3 Å². The first-order valence-electron chi connectivity index (χ1n) is 8.75. The van der Waals surface area contributed by atoms with E-state index in [-0.39, 0.29) is 41.4 Å². The lowest BCUT2D eigenvalue weighted by Crippen LogP contribution is -2.51. The van der Waals surface area contributed by atoms with Crippen LogP contribution in [0.15, 0.2) is 35.1 Å². The van der Waals surface area contributed by atoms with Crippen LogP contribution in [0.3, 0.4) is 0 Å². The average molecular weight is 408 g/mol. The van der Waals surface area contributed by atoms with E-state index in [1.807, 2.05) is 6.92 Å². The molecule has 0 bridgehead atoms. The number of nitrogens with zero attached hydrogens (tertiary/aromatic N) is 3. The second-order valence-corrected chi connectivity index (χ2v) is 6.71. The first kappa shape index (κ1) is 21.5. The molecule has 2 aromatic rings. The Balaban J connectivity index is 0.00000280. The summed E-state index contributed by atoms with van der Waals surface area (Å²) in [5.74, 6) is -0.300. The number of nitro groups is 1. The molecule has 1 aromatic heterocycles. The Labute approximate surface area is 167 Å². The third-order valence-electron chi connectivity index (χ3n) is 4.77. The standard InChI is InChI=1S/C18H21N5O4.ClH/c1-11-7-8-19-10-13(11)20-18(25)17-16(24)9-12(2)22(21-17)14-5-3-4-6-15(14)23(26)27;/h3-6,9,11,13,19H,7-8,10H2,1-2H3,(H,20,25);1H. The molecule has 10 heteroatoms. The number of hydrogen-bond acceptors (Lipinski definition) is 6. The van der Waals surface area contributed by atoms with Crippen LogP contribution in [0.1, 0.15) is 29.5 Å². The molecule has 0 spiro atoms. The summed E-state index contributed by atoms with van der Waals surface area (Å²) < 4.78 is 1.26. The van der Waals surface area contributed by atoms with E-state index in [1.54, 1.807) is 19.1 Å². The van der Waals surface area contributed by atoms with Gasteiger partial charge in [0.05, 0.1) is 4.92 Å². The van der Waals surface area contributed by atoms with Gasteiger partial charge in [-0.15, -0.1) is 12.4 Å². The van der Waals surface area contributed by atoms with Crippen LogP contribution in [-0.2, 0) is 0 Å². The zero-order valence-corrected chi connectivity index (χ0v) is 16.4. The number of carbonyl (C=O) groups is 1. The number of hydrogen-bond donors (Lipinski definition) is 2. The van der Waals surface area contributed by atoms with Gasteiger partial charge in [-0.25, -0.2) is 4.68 Å². The summed E-state index contributed by atoms with van der Waals surface area (Å²) in [7, 11) is 0. The predicted octanol–water partition coefficient (Wildman–Crippen LogP) is 1.60. The summed E-state index contributed by atoms with van der Waals surface area (Å²) in [6, 6.07) is 7.22. The molecular formula is C18H22ClN5O4. The lowest BCUT2D eigenvalue weighted by Gasteiger charge is -2.30. The molecule has 1 amide bonds. The molecule has 3 rings (SSSR count). The molecule has 1 aliphatic heterocycles. The van der Waals surface area contributed by atoms with Crippen LogP contribution in [0.5, 0.6) is 0 Å². The number of nitro benzene ring substituents is 1. The van der Waals surface area contributed by atoms with Crippen molar-refractivity contribution in [1.29, 1.82) is 0 Å². The fraction of sp³-hybridized carbons (Fsp3) is 0.389. The quantitative estimate of drug-likeness (QED) is 0.586. The van der Waals surface area contributed by atoms with Gasteiger partial charge in [-0.3, -0.25) is 19.7 Å². The highest BCUT2D eigenvalue weighted by atomic mass is 35.5. The second kappa shape index (κ2) is 8.94. The van der Waals surface area contributed by atoms with Gasteiger partial charge in [-0.05, 0) is 31.9 Å². The summed E-state index contributed by atoms with van der Waals surface area (Å²) in [5.41, 5.74) is -0.360. The number of rotatable bonds is 4. The van der Waals surface area contributed by atoms with Gasteiger partial charge in [-0.1, -0.05) is 19.1 Å². The van der Waals surface area contributed by atoms with Crippen LogP contribution in [0.4, 0.5) is 5.69 Å². The van der Waals surface area contributed by atoms with E-state index in [0.29, 0.717) is 12.2 Å². The fourth-order valence-electron chi connectivity index (χ4n) is 3.17. The van der Waals surface area contributed by atoms with Gasteiger partial charge in [0.1, 0.15) is 5.69 Å². The SMILES string of the molecule is Cc1cc(=O)c(C(=O)NC2CNCCC2C)nn1-c1ccccc1[N+](=O)[O-].Cl. The van der Waals surface area contributed by atoms with Crippen LogP contribution in [0.25, 0.3) is 5.69 Å². The summed E-state index contributed by atoms with van der Waals surface area (Å²) in [6.45, 7) is 5.16. The first-order chi connectivity index (χ1) is 12.9. The highest BCUT2D eigenvalue weighted by Crippen LogP contribution is 2.22. The molecule has 1 fully saturated rings. The van der Waals surface area contributed by atoms with Crippen LogP contribution in [0, 0.1) is 23.0 Å². The Kier molecular flexibility index (Phi) is 6.87. The van der Waals surface area contributed by atoms with Crippen molar-refractivity contribution in [2.75, 3.05) is 13.1 Å². The fourth-order valence-corrected chi connectivity index (χ4v) is 3.17.